The average molecular weight is 346 g/mol. The second-order valence-corrected chi connectivity index (χ2v) is 6.85. The molecule has 0 spiro atoms. The molecule has 0 aliphatic heterocycles. The standard InChI is InChI=1S/C22H23BO3/c1-21(2,18-12-6-3-7-13-18)22(26-23(24)25,19-14-8-4-9-15-19)20-16-10-5-11-17-20/h3-17,24-25H,1-2H3. The van der Waals surface area contributed by atoms with Crippen molar-refractivity contribution in [3.63, 3.8) is 0 Å². The van der Waals surface area contributed by atoms with Gasteiger partial charge in [-0.3, -0.25) is 0 Å². The van der Waals surface area contributed by atoms with Crippen molar-refractivity contribution in [2.45, 2.75) is 24.9 Å². The minimum absolute atomic E-state index is 0.597. The summed E-state index contributed by atoms with van der Waals surface area (Å²) in [6.07, 6.45) is 0. The maximum Gasteiger partial charge on any atom is 0.634 e. The van der Waals surface area contributed by atoms with Crippen molar-refractivity contribution in [1.82, 2.24) is 0 Å². The van der Waals surface area contributed by atoms with E-state index in [4.69, 9.17) is 4.65 Å². The fourth-order valence-corrected chi connectivity index (χ4v) is 3.73. The van der Waals surface area contributed by atoms with E-state index >= 15 is 0 Å². The lowest BCUT2D eigenvalue weighted by atomic mass is 9.63. The first-order valence-electron chi connectivity index (χ1n) is 8.69. The van der Waals surface area contributed by atoms with Crippen LogP contribution in [0.15, 0.2) is 91.0 Å². The quantitative estimate of drug-likeness (QED) is 0.666. The first-order chi connectivity index (χ1) is 12.5. The van der Waals surface area contributed by atoms with E-state index in [-0.39, 0.29) is 0 Å². The Labute approximate surface area is 155 Å². The number of rotatable bonds is 6. The average Bonchev–Trinajstić information content (AvgIpc) is 2.68. The molecule has 4 heteroatoms. The predicted molar refractivity (Wildman–Crippen MR) is 104 cm³/mol. The molecule has 3 rings (SSSR count). The van der Waals surface area contributed by atoms with Gasteiger partial charge in [-0.05, 0) is 16.7 Å². The van der Waals surface area contributed by atoms with Crippen molar-refractivity contribution in [3.05, 3.63) is 108 Å². The maximum atomic E-state index is 9.85. The Morgan fingerprint density at radius 1 is 0.615 bits per heavy atom. The molecular weight excluding hydrogens is 323 g/mol. The van der Waals surface area contributed by atoms with Gasteiger partial charge in [-0.1, -0.05) is 105 Å². The molecule has 0 radical (unpaired) electrons. The van der Waals surface area contributed by atoms with Gasteiger partial charge in [0.05, 0.1) is 0 Å². The van der Waals surface area contributed by atoms with Crippen LogP contribution in [0.4, 0.5) is 0 Å². The van der Waals surface area contributed by atoms with E-state index in [1.807, 2.05) is 91.0 Å². The summed E-state index contributed by atoms with van der Waals surface area (Å²) in [5.74, 6) is 0. The monoisotopic (exact) mass is 346 g/mol. The highest BCUT2D eigenvalue weighted by atomic mass is 16.6. The van der Waals surface area contributed by atoms with Crippen LogP contribution in [0.5, 0.6) is 0 Å². The van der Waals surface area contributed by atoms with Crippen molar-refractivity contribution in [2.75, 3.05) is 0 Å². The Morgan fingerprint density at radius 3 is 1.31 bits per heavy atom. The zero-order chi connectivity index (χ0) is 18.6. The summed E-state index contributed by atoms with van der Waals surface area (Å²) in [5, 5.41) is 19.7. The molecule has 3 nitrogen and oxygen atoms in total. The fourth-order valence-electron chi connectivity index (χ4n) is 3.73. The first kappa shape index (κ1) is 18.4. The normalized spacial score (nSPS) is 12.0. The molecule has 0 unspecified atom stereocenters. The summed E-state index contributed by atoms with van der Waals surface area (Å²) < 4.78 is 5.94. The zero-order valence-corrected chi connectivity index (χ0v) is 15.0. The van der Waals surface area contributed by atoms with Gasteiger partial charge in [0.25, 0.3) is 0 Å². The minimum Gasteiger partial charge on any atom is -0.402 e. The highest BCUT2D eigenvalue weighted by molar-refractivity contribution is 6.33. The van der Waals surface area contributed by atoms with Crippen molar-refractivity contribution >= 4 is 7.32 Å². The Bertz CT molecular complexity index is 778. The van der Waals surface area contributed by atoms with E-state index in [1.165, 1.54) is 0 Å². The second-order valence-electron chi connectivity index (χ2n) is 6.85. The van der Waals surface area contributed by atoms with Crippen molar-refractivity contribution in [2.24, 2.45) is 0 Å². The smallest absolute Gasteiger partial charge is 0.402 e. The van der Waals surface area contributed by atoms with E-state index in [9.17, 15) is 10.0 Å². The number of benzene rings is 3. The molecule has 0 atom stereocenters. The SMILES string of the molecule is CC(C)(c1ccccc1)C(OB(O)O)(c1ccccc1)c1ccccc1. The highest BCUT2D eigenvalue weighted by Gasteiger charge is 2.51. The lowest BCUT2D eigenvalue weighted by Gasteiger charge is -2.48. The van der Waals surface area contributed by atoms with Crippen LogP contribution in [-0.4, -0.2) is 17.4 Å². The van der Waals surface area contributed by atoms with E-state index in [0.29, 0.717) is 0 Å². The van der Waals surface area contributed by atoms with E-state index < -0.39 is 18.3 Å². The maximum absolute atomic E-state index is 9.85. The lowest BCUT2D eigenvalue weighted by molar-refractivity contribution is -0.00754. The summed E-state index contributed by atoms with van der Waals surface area (Å²) in [4.78, 5) is 0. The van der Waals surface area contributed by atoms with Gasteiger partial charge in [0, 0.05) is 5.41 Å². The molecule has 2 N–H and O–H groups in total. The Hall–Kier alpha value is -2.40. The third kappa shape index (κ3) is 3.19. The van der Waals surface area contributed by atoms with Crippen LogP contribution in [0.1, 0.15) is 30.5 Å². The fraction of sp³-hybridized carbons (Fsp3) is 0.182. The van der Waals surface area contributed by atoms with Gasteiger partial charge in [-0.15, -0.1) is 0 Å². The molecule has 0 aromatic heterocycles. The van der Waals surface area contributed by atoms with Crippen molar-refractivity contribution < 1.29 is 14.7 Å². The highest BCUT2D eigenvalue weighted by Crippen LogP contribution is 2.49. The molecule has 0 fully saturated rings. The molecule has 0 aliphatic carbocycles. The predicted octanol–water partition coefficient (Wildman–Crippen LogP) is 3.89. The van der Waals surface area contributed by atoms with Crippen LogP contribution in [0.2, 0.25) is 0 Å². The number of hydrogen-bond acceptors (Lipinski definition) is 3. The van der Waals surface area contributed by atoms with Crippen LogP contribution in [-0.2, 0) is 15.7 Å². The summed E-state index contributed by atoms with van der Waals surface area (Å²) in [5.41, 5.74) is 1.06. The van der Waals surface area contributed by atoms with Crippen LogP contribution >= 0.6 is 0 Å². The van der Waals surface area contributed by atoms with Gasteiger partial charge in [0.15, 0.2) is 0 Å². The van der Waals surface area contributed by atoms with Crippen LogP contribution < -0.4 is 0 Å². The van der Waals surface area contributed by atoms with Crippen molar-refractivity contribution in [3.8, 4) is 0 Å². The summed E-state index contributed by atoms with van der Waals surface area (Å²) in [7, 11) is -1.92. The molecule has 0 saturated heterocycles. The molecule has 26 heavy (non-hydrogen) atoms. The van der Waals surface area contributed by atoms with Gasteiger partial charge in [-0.25, -0.2) is 0 Å². The van der Waals surface area contributed by atoms with Gasteiger partial charge >= 0.3 is 7.32 Å². The molecule has 0 amide bonds. The third-order valence-corrected chi connectivity index (χ3v) is 5.02. The molecule has 0 heterocycles. The van der Waals surface area contributed by atoms with E-state index in [1.54, 1.807) is 0 Å². The minimum atomic E-state index is -1.92. The van der Waals surface area contributed by atoms with Gasteiger partial charge in [0.1, 0.15) is 5.60 Å². The van der Waals surface area contributed by atoms with Gasteiger partial charge < -0.3 is 14.7 Å². The van der Waals surface area contributed by atoms with Crippen LogP contribution in [0.25, 0.3) is 0 Å². The van der Waals surface area contributed by atoms with E-state index in [2.05, 4.69) is 13.8 Å². The number of hydrogen-bond donors (Lipinski definition) is 2. The second kappa shape index (κ2) is 7.46. The molecule has 3 aromatic rings. The molecule has 0 bridgehead atoms. The Morgan fingerprint density at radius 2 is 0.962 bits per heavy atom. The molecule has 132 valence electrons. The molecule has 0 aliphatic rings. The van der Waals surface area contributed by atoms with Gasteiger partial charge in [-0.2, -0.15) is 0 Å². The van der Waals surface area contributed by atoms with Crippen LogP contribution in [0, 0.1) is 0 Å². The third-order valence-electron chi connectivity index (χ3n) is 5.02. The summed E-state index contributed by atoms with van der Waals surface area (Å²) >= 11 is 0. The molecule has 3 aromatic carbocycles. The Balaban J connectivity index is 2.34. The van der Waals surface area contributed by atoms with E-state index in [0.717, 1.165) is 16.7 Å². The Kier molecular flexibility index (Phi) is 5.28. The van der Waals surface area contributed by atoms with Crippen LogP contribution in [0.3, 0.4) is 0 Å². The van der Waals surface area contributed by atoms with Crippen molar-refractivity contribution in [1.29, 1.82) is 0 Å². The summed E-state index contributed by atoms with van der Waals surface area (Å²) in [6, 6.07) is 29.4. The molecular formula is C22H23BO3. The molecule has 0 saturated carbocycles. The van der Waals surface area contributed by atoms with Gasteiger partial charge in [0.2, 0.25) is 0 Å². The summed E-state index contributed by atoms with van der Waals surface area (Å²) in [6.45, 7) is 4.12. The lowest BCUT2D eigenvalue weighted by Crippen LogP contribution is -2.51. The topological polar surface area (TPSA) is 49.7 Å². The first-order valence-corrected chi connectivity index (χ1v) is 8.69. The largest absolute Gasteiger partial charge is 0.634 e. The zero-order valence-electron chi connectivity index (χ0n) is 15.0.